The molecular weight excluding hydrogens is 368 g/mol. The van der Waals surface area contributed by atoms with E-state index in [1.165, 1.54) is 0 Å². The lowest BCUT2D eigenvalue weighted by atomic mass is 10.0. The topological polar surface area (TPSA) is 51.6 Å². The first-order valence-corrected chi connectivity index (χ1v) is 9.79. The number of rotatable bonds is 2. The van der Waals surface area contributed by atoms with Crippen LogP contribution in [0.2, 0.25) is 0 Å². The molecule has 6 aromatic rings. The van der Waals surface area contributed by atoms with E-state index in [9.17, 15) is 0 Å². The van der Waals surface area contributed by atoms with E-state index in [-0.39, 0.29) is 0 Å². The van der Waals surface area contributed by atoms with E-state index in [0.717, 1.165) is 55.0 Å². The monoisotopic (exact) mass is 384 g/mol. The first-order chi connectivity index (χ1) is 14.8. The minimum absolute atomic E-state index is 0.931. The van der Waals surface area contributed by atoms with Crippen molar-refractivity contribution >= 4 is 32.6 Å². The molecule has 0 aliphatic heterocycles. The summed E-state index contributed by atoms with van der Waals surface area (Å²) in [4.78, 5) is 17.7. The predicted octanol–water partition coefficient (Wildman–Crippen LogP) is 6.06. The third-order valence-electron chi connectivity index (χ3n) is 5.45. The molecule has 0 fully saturated rings. The van der Waals surface area contributed by atoms with Crippen LogP contribution >= 0.6 is 0 Å². The molecule has 6 rings (SSSR count). The summed E-state index contributed by atoms with van der Waals surface area (Å²) in [6.07, 6.45) is 7.27. The minimum atomic E-state index is 0.931. The predicted molar refractivity (Wildman–Crippen MR) is 121 cm³/mol. The van der Waals surface area contributed by atoms with Crippen LogP contribution in [0.3, 0.4) is 0 Å². The van der Waals surface area contributed by atoms with Crippen LogP contribution in [0.1, 0.15) is 0 Å². The Morgan fingerprint density at radius 2 is 1.30 bits per heavy atom. The molecule has 0 N–H and O–H groups in total. The quantitative estimate of drug-likeness (QED) is 0.364. The number of hydrogen-bond donors (Lipinski definition) is 0. The molecule has 0 unspecified atom stereocenters. The molecule has 0 saturated heterocycles. The molecule has 3 aromatic carbocycles. The number of aromatic nitrogens is 4. The van der Waals surface area contributed by atoms with Crippen molar-refractivity contribution < 1.29 is 0 Å². The van der Waals surface area contributed by atoms with Gasteiger partial charge in [-0.25, -0.2) is 9.97 Å². The van der Waals surface area contributed by atoms with Crippen molar-refractivity contribution in [3.05, 3.63) is 97.7 Å². The molecule has 140 valence electrons. The van der Waals surface area contributed by atoms with E-state index in [2.05, 4.69) is 68.5 Å². The Morgan fingerprint density at radius 3 is 2.30 bits per heavy atom. The fourth-order valence-corrected chi connectivity index (χ4v) is 3.85. The van der Waals surface area contributed by atoms with Gasteiger partial charge >= 0.3 is 0 Å². The van der Waals surface area contributed by atoms with Crippen molar-refractivity contribution in [2.24, 2.45) is 0 Å². The van der Waals surface area contributed by atoms with Gasteiger partial charge in [0, 0.05) is 45.9 Å². The molecule has 3 aromatic heterocycles. The molecule has 4 heteroatoms. The summed E-state index contributed by atoms with van der Waals surface area (Å²) in [5.41, 5.74) is 6.18. The third kappa shape index (κ3) is 2.86. The Morgan fingerprint density at radius 1 is 0.467 bits per heavy atom. The summed E-state index contributed by atoms with van der Waals surface area (Å²) in [5.74, 6) is 0. The van der Waals surface area contributed by atoms with E-state index in [1.807, 2.05) is 42.9 Å². The average Bonchev–Trinajstić information content (AvgIpc) is 2.82. The summed E-state index contributed by atoms with van der Waals surface area (Å²) in [5, 5.41) is 4.41. The lowest BCUT2D eigenvalue weighted by molar-refractivity contribution is 1.22. The Balaban J connectivity index is 1.46. The number of hydrogen-bond acceptors (Lipinski definition) is 4. The molecule has 0 radical (unpaired) electrons. The zero-order valence-corrected chi connectivity index (χ0v) is 16.0. The minimum Gasteiger partial charge on any atom is -0.256 e. The highest BCUT2D eigenvalue weighted by atomic mass is 14.8. The van der Waals surface area contributed by atoms with Gasteiger partial charge in [0.25, 0.3) is 0 Å². The van der Waals surface area contributed by atoms with Crippen molar-refractivity contribution in [2.45, 2.75) is 0 Å². The van der Waals surface area contributed by atoms with Crippen LogP contribution in [-0.4, -0.2) is 19.9 Å². The van der Waals surface area contributed by atoms with Crippen LogP contribution in [-0.2, 0) is 0 Å². The normalized spacial score (nSPS) is 11.3. The highest BCUT2D eigenvalue weighted by Crippen LogP contribution is 2.29. The molecule has 30 heavy (non-hydrogen) atoms. The van der Waals surface area contributed by atoms with Gasteiger partial charge in [-0.1, -0.05) is 36.4 Å². The van der Waals surface area contributed by atoms with E-state index >= 15 is 0 Å². The summed E-state index contributed by atoms with van der Waals surface area (Å²) < 4.78 is 0. The molecular formula is C26H16N4. The van der Waals surface area contributed by atoms with Gasteiger partial charge in [0.05, 0.1) is 16.7 Å². The number of para-hydroxylation sites is 1. The second kappa shape index (κ2) is 6.71. The third-order valence-corrected chi connectivity index (χ3v) is 5.45. The van der Waals surface area contributed by atoms with Gasteiger partial charge in [-0.15, -0.1) is 0 Å². The summed E-state index contributed by atoms with van der Waals surface area (Å²) in [6.45, 7) is 0. The zero-order chi connectivity index (χ0) is 19.9. The van der Waals surface area contributed by atoms with Crippen molar-refractivity contribution in [3.8, 4) is 22.4 Å². The molecule has 0 aliphatic carbocycles. The van der Waals surface area contributed by atoms with Gasteiger partial charge in [0.1, 0.15) is 6.33 Å². The van der Waals surface area contributed by atoms with Crippen LogP contribution in [0.4, 0.5) is 0 Å². The van der Waals surface area contributed by atoms with Crippen molar-refractivity contribution in [1.82, 2.24) is 19.9 Å². The maximum Gasteiger partial charge on any atom is 0.116 e. The number of fused-ring (bicyclic) bond motifs is 3. The maximum absolute atomic E-state index is 4.67. The second-order valence-electron chi connectivity index (χ2n) is 7.34. The van der Waals surface area contributed by atoms with Crippen LogP contribution in [0.5, 0.6) is 0 Å². The van der Waals surface area contributed by atoms with Crippen molar-refractivity contribution in [3.63, 3.8) is 0 Å². The second-order valence-corrected chi connectivity index (χ2v) is 7.34. The van der Waals surface area contributed by atoms with Gasteiger partial charge in [0.15, 0.2) is 0 Å². The van der Waals surface area contributed by atoms with Crippen LogP contribution in [0.25, 0.3) is 55.0 Å². The molecule has 0 atom stereocenters. The van der Waals surface area contributed by atoms with E-state index < -0.39 is 0 Å². The molecule has 0 aliphatic rings. The first-order valence-electron chi connectivity index (χ1n) is 9.79. The number of benzene rings is 3. The van der Waals surface area contributed by atoms with Crippen LogP contribution in [0.15, 0.2) is 97.7 Å². The fourth-order valence-electron chi connectivity index (χ4n) is 3.85. The van der Waals surface area contributed by atoms with E-state index in [1.54, 1.807) is 6.33 Å². The van der Waals surface area contributed by atoms with Crippen LogP contribution in [0, 0.1) is 0 Å². The summed E-state index contributed by atoms with van der Waals surface area (Å²) in [7, 11) is 0. The van der Waals surface area contributed by atoms with E-state index in [4.69, 9.17) is 0 Å². The smallest absolute Gasteiger partial charge is 0.116 e. The zero-order valence-electron chi connectivity index (χ0n) is 16.0. The lowest BCUT2D eigenvalue weighted by Gasteiger charge is -2.08. The lowest BCUT2D eigenvalue weighted by Crippen LogP contribution is -1.87. The Kier molecular flexibility index (Phi) is 3.74. The summed E-state index contributed by atoms with van der Waals surface area (Å²) in [6, 6.07) is 25.1. The molecule has 0 saturated carbocycles. The van der Waals surface area contributed by atoms with E-state index in [0.29, 0.717) is 0 Å². The van der Waals surface area contributed by atoms with Crippen molar-refractivity contribution in [2.75, 3.05) is 0 Å². The van der Waals surface area contributed by atoms with Crippen LogP contribution < -0.4 is 0 Å². The summed E-state index contributed by atoms with van der Waals surface area (Å²) >= 11 is 0. The standard InChI is InChI=1S/C26H16N4/c1-2-4-24-18(3-1)10-22(15-28-24)17-5-6-20-14-29-26(12-21(20)9-17)19-7-8-25-23(11-19)13-27-16-30-25/h1-16H. The van der Waals surface area contributed by atoms with Gasteiger partial charge in [-0.2, -0.15) is 0 Å². The first kappa shape index (κ1) is 16.7. The molecule has 4 nitrogen and oxygen atoms in total. The van der Waals surface area contributed by atoms with Gasteiger partial charge < -0.3 is 0 Å². The number of nitrogens with zero attached hydrogens (tertiary/aromatic N) is 4. The largest absolute Gasteiger partial charge is 0.256 e. The SMILES string of the molecule is c1ccc2ncc(-c3ccc4cnc(-c5ccc6ncncc6c5)cc4c3)cc2c1. The van der Waals surface area contributed by atoms with Gasteiger partial charge in [-0.3, -0.25) is 9.97 Å². The highest BCUT2D eigenvalue weighted by Gasteiger charge is 2.06. The van der Waals surface area contributed by atoms with Crippen molar-refractivity contribution in [1.29, 1.82) is 0 Å². The molecule has 0 spiro atoms. The molecule has 3 heterocycles. The van der Waals surface area contributed by atoms with Gasteiger partial charge in [-0.05, 0) is 47.3 Å². The highest BCUT2D eigenvalue weighted by molar-refractivity contribution is 5.92. The van der Waals surface area contributed by atoms with Gasteiger partial charge in [0.2, 0.25) is 0 Å². The Hall–Kier alpha value is -4.18. The Labute approximate surface area is 172 Å². The average molecular weight is 384 g/mol. The fraction of sp³-hybridized carbons (Fsp3) is 0. The Bertz CT molecular complexity index is 1440. The molecule has 0 bridgehead atoms. The maximum atomic E-state index is 4.67. The molecule has 0 amide bonds. The number of pyridine rings is 2.